The van der Waals surface area contributed by atoms with Crippen molar-refractivity contribution < 1.29 is 32.2 Å². The number of carbonyl (C=O) groups is 2. The van der Waals surface area contributed by atoms with Crippen molar-refractivity contribution in [3.8, 4) is 5.75 Å². The van der Waals surface area contributed by atoms with Crippen molar-refractivity contribution in [1.29, 1.82) is 0 Å². The monoisotopic (exact) mass is 380 g/mol. The molecule has 4 nitrogen and oxygen atoms in total. The summed E-state index contributed by atoms with van der Waals surface area (Å²) in [5.74, 6) is -1.09. The molecule has 0 saturated heterocycles. The third kappa shape index (κ3) is 6.13. The lowest BCUT2D eigenvalue weighted by Crippen LogP contribution is -2.10. The minimum atomic E-state index is -4.47. The van der Waals surface area contributed by atoms with Crippen LogP contribution in [0.3, 0.4) is 0 Å². The van der Waals surface area contributed by atoms with Crippen LogP contribution in [0, 0.1) is 0 Å². The lowest BCUT2D eigenvalue weighted by atomic mass is 10.1. The van der Waals surface area contributed by atoms with Gasteiger partial charge >= 0.3 is 18.1 Å². The summed E-state index contributed by atoms with van der Waals surface area (Å²) in [4.78, 5) is 23.9. The summed E-state index contributed by atoms with van der Waals surface area (Å²) < 4.78 is 47.8. The van der Waals surface area contributed by atoms with E-state index in [2.05, 4.69) is 0 Å². The van der Waals surface area contributed by atoms with E-state index in [9.17, 15) is 22.8 Å². The molecule has 0 N–H and O–H groups in total. The average molecular weight is 380 g/mol. The molecule has 0 unspecified atom stereocenters. The second-order valence-electron chi connectivity index (χ2n) is 5.83. The SMILES string of the molecule is CCCCCOC(=O)c1ccc(OC(=O)c2ccc(C(F)(F)F)cc2)cc1. The molecule has 144 valence electrons. The standard InChI is InChI=1S/C20H19F3O4/c1-2-3-4-13-26-18(24)14-7-11-17(12-8-14)27-19(25)15-5-9-16(10-6-15)20(21,22)23/h5-12H,2-4,13H2,1H3. The number of esters is 2. The van der Waals surface area contributed by atoms with Crippen LogP contribution in [0.25, 0.3) is 0 Å². The van der Waals surface area contributed by atoms with E-state index < -0.39 is 23.7 Å². The average Bonchev–Trinajstić information content (AvgIpc) is 2.65. The number of rotatable bonds is 7. The Kier molecular flexibility index (Phi) is 6.98. The van der Waals surface area contributed by atoms with E-state index in [1.807, 2.05) is 6.92 Å². The maximum atomic E-state index is 12.5. The van der Waals surface area contributed by atoms with Crippen LogP contribution < -0.4 is 4.74 Å². The Hall–Kier alpha value is -2.83. The highest BCUT2D eigenvalue weighted by molar-refractivity contribution is 5.92. The quantitative estimate of drug-likeness (QED) is 0.373. The van der Waals surface area contributed by atoms with E-state index in [0.29, 0.717) is 12.2 Å². The van der Waals surface area contributed by atoms with E-state index >= 15 is 0 Å². The van der Waals surface area contributed by atoms with E-state index in [1.165, 1.54) is 24.3 Å². The molecule has 0 amide bonds. The van der Waals surface area contributed by atoms with E-state index in [1.54, 1.807) is 0 Å². The number of hydrogen-bond donors (Lipinski definition) is 0. The van der Waals surface area contributed by atoms with Crippen molar-refractivity contribution in [2.45, 2.75) is 32.4 Å². The van der Waals surface area contributed by atoms with Gasteiger partial charge in [0.2, 0.25) is 0 Å². The molecular formula is C20H19F3O4. The van der Waals surface area contributed by atoms with E-state index in [4.69, 9.17) is 9.47 Å². The third-order valence-electron chi connectivity index (χ3n) is 3.73. The highest BCUT2D eigenvalue weighted by Crippen LogP contribution is 2.29. The lowest BCUT2D eigenvalue weighted by molar-refractivity contribution is -0.137. The molecule has 0 aromatic heterocycles. The molecule has 0 bridgehead atoms. The summed E-state index contributed by atoms with van der Waals surface area (Å²) in [6, 6.07) is 9.48. The second kappa shape index (κ2) is 9.21. The molecule has 0 radical (unpaired) electrons. The molecule has 0 atom stereocenters. The Bertz CT molecular complexity index is 765. The van der Waals surface area contributed by atoms with Crippen molar-refractivity contribution in [2.24, 2.45) is 0 Å². The molecule has 0 aliphatic rings. The zero-order valence-electron chi connectivity index (χ0n) is 14.7. The summed E-state index contributed by atoms with van der Waals surface area (Å²) in [6.07, 6.45) is -1.67. The molecule has 0 fully saturated rings. The number of carbonyl (C=O) groups excluding carboxylic acids is 2. The summed E-state index contributed by atoms with van der Waals surface area (Å²) in [6.45, 7) is 2.39. The van der Waals surface area contributed by atoms with Crippen molar-refractivity contribution in [3.63, 3.8) is 0 Å². The van der Waals surface area contributed by atoms with E-state index in [0.717, 1.165) is 43.5 Å². The van der Waals surface area contributed by atoms with Crippen LogP contribution >= 0.6 is 0 Å². The van der Waals surface area contributed by atoms with Gasteiger partial charge in [-0.05, 0) is 55.0 Å². The number of alkyl halides is 3. The highest BCUT2D eigenvalue weighted by Gasteiger charge is 2.30. The van der Waals surface area contributed by atoms with Gasteiger partial charge in [0.1, 0.15) is 5.75 Å². The van der Waals surface area contributed by atoms with Crippen LogP contribution in [-0.2, 0) is 10.9 Å². The topological polar surface area (TPSA) is 52.6 Å². The van der Waals surface area contributed by atoms with Crippen LogP contribution in [0.2, 0.25) is 0 Å². The van der Waals surface area contributed by atoms with Crippen LogP contribution in [0.5, 0.6) is 5.75 Å². The first kappa shape index (κ1) is 20.5. The Morgan fingerprint density at radius 3 is 1.96 bits per heavy atom. The van der Waals surface area contributed by atoms with Gasteiger partial charge in [-0.25, -0.2) is 9.59 Å². The number of hydrogen-bond acceptors (Lipinski definition) is 4. The molecule has 2 aromatic carbocycles. The molecule has 0 aliphatic carbocycles. The maximum absolute atomic E-state index is 12.5. The van der Waals surface area contributed by atoms with Gasteiger partial charge in [0.15, 0.2) is 0 Å². The number of ether oxygens (including phenoxy) is 2. The Morgan fingerprint density at radius 1 is 0.852 bits per heavy atom. The van der Waals surface area contributed by atoms with Gasteiger partial charge in [-0.15, -0.1) is 0 Å². The fourth-order valence-electron chi connectivity index (χ4n) is 2.22. The molecule has 0 saturated carbocycles. The highest BCUT2D eigenvalue weighted by atomic mass is 19.4. The Balaban J connectivity index is 1.93. The van der Waals surface area contributed by atoms with Crippen molar-refractivity contribution >= 4 is 11.9 Å². The number of unbranched alkanes of at least 4 members (excludes halogenated alkanes) is 2. The van der Waals surface area contributed by atoms with Crippen molar-refractivity contribution in [3.05, 3.63) is 65.2 Å². The van der Waals surface area contributed by atoms with Gasteiger partial charge in [0.25, 0.3) is 0 Å². The van der Waals surface area contributed by atoms with Crippen LogP contribution in [0.15, 0.2) is 48.5 Å². The second-order valence-corrected chi connectivity index (χ2v) is 5.83. The van der Waals surface area contributed by atoms with Gasteiger partial charge < -0.3 is 9.47 Å². The molecular weight excluding hydrogens is 361 g/mol. The Labute approximate surface area is 154 Å². The van der Waals surface area contributed by atoms with Gasteiger partial charge in [0, 0.05) is 0 Å². The summed E-state index contributed by atoms with van der Waals surface area (Å²) in [5, 5.41) is 0. The van der Waals surface area contributed by atoms with Gasteiger partial charge in [0.05, 0.1) is 23.3 Å². The first-order valence-corrected chi connectivity index (χ1v) is 8.48. The van der Waals surface area contributed by atoms with Crippen LogP contribution in [-0.4, -0.2) is 18.5 Å². The van der Waals surface area contributed by atoms with Crippen LogP contribution in [0.1, 0.15) is 52.5 Å². The maximum Gasteiger partial charge on any atom is 0.416 e. The third-order valence-corrected chi connectivity index (χ3v) is 3.73. The van der Waals surface area contributed by atoms with Gasteiger partial charge in [-0.2, -0.15) is 13.2 Å². The molecule has 0 spiro atoms. The first-order valence-electron chi connectivity index (χ1n) is 8.48. The summed E-state index contributed by atoms with van der Waals surface area (Å²) in [5.41, 5.74) is -0.538. The van der Waals surface area contributed by atoms with E-state index in [-0.39, 0.29) is 11.3 Å². The minimum absolute atomic E-state index is 0.0117. The fourth-order valence-corrected chi connectivity index (χ4v) is 2.22. The fraction of sp³-hybridized carbons (Fsp3) is 0.300. The molecule has 7 heteroatoms. The summed E-state index contributed by atoms with van der Waals surface area (Å²) in [7, 11) is 0. The minimum Gasteiger partial charge on any atom is -0.462 e. The first-order chi connectivity index (χ1) is 12.8. The molecule has 2 aromatic rings. The van der Waals surface area contributed by atoms with Crippen LogP contribution in [0.4, 0.5) is 13.2 Å². The van der Waals surface area contributed by atoms with Gasteiger partial charge in [-0.1, -0.05) is 19.8 Å². The van der Waals surface area contributed by atoms with Crippen molar-refractivity contribution in [2.75, 3.05) is 6.61 Å². The van der Waals surface area contributed by atoms with Crippen molar-refractivity contribution in [1.82, 2.24) is 0 Å². The summed E-state index contributed by atoms with van der Waals surface area (Å²) >= 11 is 0. The molecule has 2 rings (SSSR count). The largest absolute Gasteiger partial charge is 0.462 e. The van der Waals surface area contributed by atoms with Gasteiger partial charge in [-0.3, -0.25) is 0 Å². The lowest BCUT2D eigenvalue weighted by Gasteiger charge is -2.08. The normalized spacial score (nSPS) is 11.1. The zero-order valence-corrected chi connectivity index (χ0v) is 14.7. The number of benzene rings is 2. The predicted molar refractivity (Wildman–Crippen MR) is 92.7 cm³/mol. The molecule has 0 aliphatic heterocycles. The molecule has 0 heterocycles. The molecule has 27 heavy (non-hydrogen) atoms. The number of halogens is 3. The zero-order chi connectivity index (χ0) is 19.9. The predicted octanol–water partition coefficient (Wildman–Crippen LogP) is 5.27. The Morgan fingerprint density at radius 2 is 1.41 bits per heavy atom. The smallest absolute Gasteiger partial charge is 0.416 e.